The van der Waals surface area contributed by atoms with Crippen molar-refractivity contribution in [2.24, 2.45) is 0 Å². The highest BCUT2D eigenvalue weighted by atomic mass is 35.5. The first-order valence-corrected chi connectivity index (χ1v) is 7.99. The highest BCUT2D eigenvalue weighted by Gasteiger charge is 2.13. The van der Waals surface area contributed by atoms with Crippen LogP contribution in [0.5, 0.6) is 5.75 Å². The molecule has 0 saturated heterocycles. The van der Waals surface area contributed by atoms with Gasteiger partial charge in [-0.1, -0.05) is 35.3 Å². The van der Waals surface area contributed by atoms with Crippen molar-refractivity contribution in [2.45, 2.75) is 6.42 Å². The molecule has 0 aliphatic rings. The van der Waals surface area contributed by atoms with E-state index in [0.29, 0.717) is 27.8 Å². The molecule has 6 heteroatoms. The van der Waals surface area contributed by atoms with Crippen LogP contribution in [-0.2, 0) is 6.42 Å². The number of ether oxygens (including phenoxy) is 1. The monoisotopic (exact) mass is 360 g/mol. The number of hydrogen-bond acceptors (Lipinski definition) is 3. The summed E-state index contributed by atoms with van der Waals surface area (Å²) in [6.45, 7) is 0. The summed E-state index contributed by atoms with van der Waals surface area (Å²) in [7, 11) is 1.63. The Labute approximate surface area is 149 Å². The Morgan fingerprint density at radius 3 is 2.50 bits per heavy atom. The molecular formula is C18H14Cl2N2O2. The van der Waals surface area contributed by atoms with Crippen molar-refractivity contribution in [3.05, 3.63) is 75.5 Å². The molecule has 3 rings (SSSR count). The molecule has 0 amide bonds. The second kappa shape index (κ2) is 7.07. The molecule has 0 bridgehead atoms. The van der Waals surface area contributed by atoms with E-state index in [1.165, 1.54) is 0 Å². The van der Waals surface area contributed by atoms with E-state index in [9.17, 15) is 4.79 Å². The van der Waals surface area contributed by atoms with Gasteiger partial charge >= 0.3 is 0 Å². The van der Waals surface area contributed by atoms with Gasteiger partial charge in [-0.05, 0) is 42.0 Å². The average Bonchev–Trinajstić information content (AvgIpc) is 2.98. The Kier molecular flexibility index (Phi) is 4.88. The SMILES string of the molecule is COc1ccc(Cc2cc(C=O)nn2-c2ccc(Cl)cc2Cl)cc1. The van der Waals surface area contributed by atoms with Gasteiger partial charge in [0.25, 0.3) is 0 Å². The summed E-state index contributed by atoms with van der Waals surface area (Å²) in [6, 6.07) is 14.7. The molecule has 0 fully saturated rings. The highest BCUT2D eigenvalue weighted by molar-refractivity contribution is 6.35. The van der Waals surface area contributed by atoms with Crippen molar-refractivity contribution in [1.29, 1.82) is 0 Å². The van der Waals surface area contributed by atoms with E-state index in [2.05, 4.69) is 5.10 Å². The van der Waals surface area contributed by atoms with Crippen LogP contribution in [0.2, 0.25) is 10.0 Å². The zero-order chi connectivity index (χ0) is 17.1. The summed E-state index contributed by atoms with van der Waals surface area (Å²) < 4.78 is 6.84. The van der Waals surface area contributed by atoms with Crippen LogP contribution >= 0.6 is 23.2 Å². The van der Waals surface area contributed by atoms with E-state index >= 15 is 0 Å². The molecule has 2 aromatic carbocycles. The van der Waals surface area contributed by atoms with Gasteiger partial charge in [-0.3, -0.25) is 4.79 Å². The minimum absolute atomic E-state index is 0.351. The van der Waals surface area contributed by atoms with Crippen molar-refractivity contribution in [3.8, 4) is 11.4 Å². The summed E-state index contributed by atoms with van der Waals surface area (Å²) in [5.74, 6) is 0.793. The van der Waals surface area contributed by atoms with E-state index in [4.69, 9.17) is 27.9 Å². The molecule has 3 aromatic rings. The van der Waals surface area contributed by atoms with Gasteiger partial charge in [0.05, 0.1) is 17.8 Å². The molecule has 0 unspecified atom stereocenters. The van der Waals surface area contributed by atoms with Crippen LogP contribution in [0.25, 0.3) is 5.69 Å². The quantitative estimate of drug-likeness (QED) is 0.625. The third kappa shape index (κ3) is 3.45. The van der Waals surface area contributed by atoms with Gasteiger partial charge in [0.1, 0.15) is 11.4 Å². The summed E-state index contributed by atoms with van der Waals surface area (Å²) >= 11 is 12.2. The van der Waals surface area contributed by atoms with Crippen LogP contribution in [0, 0.1) is 0 Å². The van der Waals surface area contributed by atoms with Crippen LogP contribution in [-0.4, -0.2) is 23.2 Å². The number of aromatic nitrogens is 2. The predicted octanol–water partition coefficient (Wildman–Crippen LogP) is 4.59. The zero-order valence-corrected chi connectivity index (χ0v) is 14.4. The van der Waals surface area contributed by atoms with Crippen molar-refractivity contribution in [3.63, 3.8) is 0 Å². The third-order valence-electron chi connectivity index (χ3n) is 3.60. The van der Waals surface area contributed by atoms with Crippen LogP contribution in [0.1, 0.15) is 21.7 Å². The molecule has 0 aliphatic heterocycles. The Morgan fingerprint density at radius 2 is 1.88 bits per heavy atom. The first-order chi connectivity index (χ1) is 11.6. The van der Waals surface area contributed by atoms with E-state index in [1.807, 2.05) is 24.3 Å². The number of rotatable bonds is 5. The second-order valence-corrected chi connectivity index (χ2v) is 6.05. The lowest BCUT2D eigenvalue weighted by atomic mass is 10.1. The van der Waals surface area contributed by atoms with Gasteiger partial charge in [-0.25, -0.2) is 4.68 Å². The predicted molar refractivity (Wildman–Crippen MR) is 94.8 cm³/mol. The number of halogens is 2. The number of benzene rings is 2. The van der Waals surface area contributed by atoms with Crippen molar-refractivity contribution in [1.82, 2.24) is 9.78 Å². The molecule has 4 nitrogen and oxygen atoms in total. The molecule has 122 valence electrons. The first kappa shape index (κ1) is 16.6. The van der Waals surface area contributed by atoms with Gasteiger partial charge in [0, 0.05) is 17.1 Å². The van der Waals surface area contributed by atoms with Gasteiger partial charge in [0.2, 0.25) is 0 Å². The molecule has 0 N–H and O–H groups in total. The van der Waals surface area contributed by atoms with Crippen molar-refractivity contribution < 1.29 is 9.53 Å². The van der Waals surface area contributed by atoms with Gasteiger partial charge in [-0.2, -0.15) is 5.10 Å². The zero-order valence-electron chi connectivity index (χ0n) is 12.9. The standard InChI is InChI=1S/C18H14Cl2N2O2/c1-24-16-5-2-12(3-6-16)8-15-10-14(11-23)21-22(15)18-7-4-13(19)9-17(18)20/h2-7,9-11H,8H2,1H3. The third-order valence-corrected chi connectivity index (χ3v) is 4.14. The lowest BCUT2D eigenvalue weighted by Gasteiger charge is -2.10. The topological polar surface area (TPSA) is 44.1 Å². The lowest BCUT2D eigenvalue weighted by molar-refractivity contribution is 0.111. The van der Waals surface area contributed by atoms with Crippen LogP contribution in [0.3, 0.4) is 0 Å². The molecule has 0 atom stereocenters. The molecule has 1 aromatic heterocycles. The number of carbonyl (C=O) groups is 1. The first-order valence-electron chi connectivity index (χ1n) is 7.23. The largest absolute Gasteiger partial charge is 0.497 e. The van der Waals surface area contributed by atoms with E-state index in [-0.39, 0.29) is 0 Å². The number of hydrogen-bond donors (Lipinski definition) is 0. The van der Waals surface area contributed by atoms with Crippen molar-refractivity contribution in [2.75, 3.05) is 7.11 Å². The summed E-state index contributed by atoms with van der Waals surface area (Å²) in [4.78, 5) is 11.1. The van der Waals surface area contributed by atoms with Crippen LogP contribution in [0.4, 0.5) is 0 Å². The lowest BCUT2D eigenvalue weighted by Crippen LogP contribution is -2.04. The van der Waals surface area contributed by atoms with E-state index < -0.39 is 0 Å². The second-order valence-electron chi connectivity index (χ2n) is 5.21. The smallest absolute Gasteiger partial charge is 0.170 e. The minimum Gasteiger partial charge on any atom is -0.497 e. The van der Waals surface area contributed by atoms with E-state index in [0.717, 1.165) is 23.3 Å². The van der Waals surface area contributed by atoms with Gasteiger partial charge in [0.15, 0.2) is 6.29 Å². The van der Waals surface area contributed by atoms with Gasteiger partial charge < -0.3 is 4.74 Å². The number of carbonyl (C=O) groups excluding carboxylic acids is 1. The normalized spacial score (nSPS) is 10.6. The Balaban J connectivity index is 2.00. The number of nitrogens with zero attached hydrogens (tertiary/aromatic N) is 2. The maximum absolute atomic E-state index is 11.1. The fourth-order valence-electron chi connectivity index (χ4n) is 2.44. The molecule has 0 aliphatic carbocycles. The summed E-state index contributed by atoms with van der Waals surface area (Å²) in [5, 5.41) is 5.33. The summed E-state index contributed by atoms with van der Waals surface area (Å²) in [6.07, 6.45) is 1.32. The molecule has 1 heterocycles. The molecule has 0 radical (unpaired) electrons. The average molecular weight is 361 g/mol. The molecule has 24 heavy (non-hydrogen) atoms. The molecule has 0 saturated carbocycles. The highest BCUT2D eigenvalue weighted by Crippen LogP contribution is 2.26. The van der Waals surface area contributed by atoms with Crippen LogP contribution < -0.4 is 4.74 Å². The maximum atomic E-state index is 11.1. The molecular weight excluding hydrogens is 347 g/mol. The summed E-state index contributed by atoms with van der Waals surface area (Å²) in [5.41, 5.74) is 2.95. The minimum atomic E-state index is 0.351. The number of methoxy groups -OCH3 is 1. The van der Waals surface area contributed by atoms with Gasteiger partial charge in [-0.15, -0.1) is 0 Å². The maximum Gasteiger partial charge on any atom is 0.170 e. The Hall–Kier alpha value is -2.30. The molecule has 0 spiro atoms. The van der Waals surface area contributed by atoms with E-state index in [1.54, 1.807) is 36.1 Å². The fourth-order valence-corrected chi connectivity index (χ4v) is 2.93. The Bertz CT molecular complexity index is 873. The van der Waals surface area contributed by atoms with Crippen molar-refractivity contribution >= 4 is 29.5 Å². The number of aldehydes is 1. The Morgan fingerprint density at radius 1 is 1.12 bits per heavy atom. The van der Waals surface area contributed by atoms with Crippen LogP contribution in [0.15, 0.2) is 48.5 Å². The fraction of sp³-hybridized carbons (Fsp3) is 0.111.